The van der Waals surface area contributed by atoms with E-state index < -0.39 is 16.1 Å². The highest BCUT2D eigenvalue weighted by molar-refractivity contribution is 7.92. The van der Waals surface area contributed by atoms with Crippen molar-refractivity contribution >= 4 is 39.1 Å². The molecular formula is C26H36ClN3O5S. The van der Waals surface area contributed by atoms with Gasteiger partial charge in [0, 0.05) is 30.6 Å². The van der Waals surface area contributed by atoms with Gasteiger partial charge < -0.3 is 15.0 Å². The maximum atomic E-state index is 13.3. The summed E-state index contributed by atoms with van der Waals surface area (Å²) in [6.07, 6.45) is 2.26. The molecule has 0 aliphatic carbocycles. The number of hydrogen-bond donors (Lipinski definition) is 1. The highest BCUT2D eigenvalue weighted by Crippen LogP contribution is 2.22. The Hall–Kier alpha value is -2.78. The van der Waals surface area contributed by atoms with E-state index in [4.69, 9.17) is 16.3 Å². The van der Waals surface area contributed by atoms with Crippen molar-refractivity contribution in [2.45, 2.75) is 58.7 Å². The van der Waals surface area contributed by atoms with Crippen LogP contribution in [0.1, 0.15) is 45.6 Å². The summed E-state index contributed by atoms with van der Waals surface area (Å²) in [5.41, 5.74) is 1.29. The number of carbonyl (C=O) groups is 2. The predicted molar refractivity (Wildman–Crippen MR) is 144 cm³/mol. The molecule has 2 amide bonds. The average Bonchev–Trinajstić information content (AvgIpc) is 2.83. The first-order chi connectivity index (χ1) is 17.0. The SMILES string of the molecule is CC[C@@H](C)NC(=O)[C@H](C)N(Cc1cccc(Cl)c1)C(=O)CCCN(c1ccc(OC)cc1)S(C)(=O)=O. The van der Waals surface area contributed by atoms with E-state index in [0.29, 0.717) is 16.5 Å². The summed E-state index contributed by atoms with van der Waals surface area (Å²) in [7, 11) is -2.03. The van der Waals surface area contributed by atoms with Crippen LogP contribution in [0.3, 0.4) is 0 Å². The normalized spacial score (nSPS) is 12.9. The maximum absolute atomic E-state index is 13.3. The zero-order valence-electron chi connectivity index (χ0n) is 21.5. The Morgan fingerprint density at radius 3 is 2.33 bits per heavy atom. The van der Waals surface area contributed by atoms with Gasteiger partial charge in [0.15, 0.2) is 0 Å². The molecule has 0 unspecified atom stereocenters. The Bertz CT molecular complexity index is 1120. The summed E-state index contributed by atoms with van der Waals surface area (Å²) in [6.45, 7) is 5.91. The third kappa shape index (κ3) is 8.71. The molecule has 2 rings (SSSR count). The van der Waals surface area contributed by atoms with Crippen LogP contribution < -0.4 is 14.4 Å². The maximum Gasteiger partial charge on any atom is 0.242 e. The number of amides is 2. The van der Waals surface area contributed by atoms with E-state index in [2.05, 4.69) is 5.32 Å². The summed E-state index contributed by atoms with van der Waals surface area (Å²) in [4.78, 5) is 27.7. The Balaban J connectivity index is 2.17. The van der Waals surface area contributed by atoms with Crippen LogP contribution in [0.5, 0.6) is 5.75 Å². The number of nitrogens with zero attached hydrogens (tertiary/aromatic N) is 2. The standard InChI is InChI=1S/C26H36ClN3O5S/c1-6-19(2)28-26(32)20(3)29(18-21-9-7-10-22(27)17-21)25(31)11-8-16-30(36(5,33)34)23-12-14-24(35-4)15-13-23/h7,9-10,12-15,17,19-20H,6,8,11,16,18H2,1-5H3,(H,28,32)/t19-,20+/m1/s1. The van der Waals surface area contributed by atoms with E-state index in [-0.39, 0.29) is 43.8 Å². The van der Waals surface area contributed by atoms with Crippen molar-refractivity contribution in [1.29, 1.82) is 0 Å². The van der Waals surface area contributed by atoms with Crippen molar-refractivity contribution in [1.82, 2.24) is 10.2 Å². The Morgan fingerprint density at radius 1 is 1.11 bits per heavy atom. The van der Waals surface area contributed by atoms with Gasteiger partial charge in [-0.25, -0.2) is 8.42 Å². The van der Waals surface area contributed by atoms with E-state index >= 15 is 0 Å². The van der Waals surface area contributed by atoms with Gasteiger partial charge in [0.1, 0.15) is 11.8 Å². The number of rotatable bonds is 13. The number of anilines is 1. The lowest BCUT2D eigenvalue weighted by Crippen LogP contribution is -2.49. The number of ether oxygens (including phenoxy) is 1. The first kappa shape index (κ1) is 29.5. The minimum atomic E-state index is -3.57. The van der Waals surface area contributed by atoms with Gasteiger partial charge in [-0.2, -0.15) is 0 Å². The Labute approximate surface area is 219 Å². The van der Waals surface area contributed by atoms with Crippen LogP contribution in [0.25, 0.3) is 0 Å². The van der Waals surface area contributed by atoms with Crippen molar-refractivity contribution in [2.75, 3.05) is 24.2 Å². The van der Waals surface area contributed by atoms with E-state index in [1.165, 1.54) is 16.3 Å². The van der Waals surface area contributed by atoms with E-state index in [1.54, 1.807) is 49.4 Å². The third-order valence-electron chi connectivity index (χ3n) is 5.92. The number of nitrogens with one attached hydrogen (secondary N) is 1. The summed E-state index contributed by atoms with van der Waals surface area (Å²) < 4.78 is 31.3. The highest BCUT2D eigenvalue weighted by Gasteiger charge is 2.27. The van der Waals surface area contributed by atoms with Crippen molar-refractivity contribution in [2.24, 2.45) is 0 Å². The van der Waals surface area contributed by atoms with Crippen LogP contribution in [-0.2, 0) is 26.2 Å². The molecule has 1 N–H and O–H groups in total. The molecule has 0 aliphatic heterocycles. The molecule has 0 radical (unpaired) electrons. The van der Waals surface area contributed by atoms with Gasteiger partial charge in [-0.3, -0.25) is 13.9 Å². The zero-order chi connectivity index (χ0) is 26.9. The van der Waals surface area contributed by atoms with Gasteiger partial charge in [-0.05, 0) is 68.7 Å². The van der Waals surface area contributed by atoms with Gasteiger partial charge in [-0.15, -0.1) is 0 Å². The molecule has 0 heterocycles. The molecule has 0 saturated heterocycles. The fourth-order valence-corrected chi connectivity index (χ4v) is 4.81. The van der Waals surface area contributed by atoms with Crippen molar-refractivity contribution < 1.29 is 22.7 Å². The molecule has 198 valence electrons. The van der Waals surface area contributed by atoms with Crippen LogP contribution in [0.15, 0.2) is 48.5 Å². The van der Waals surface area contributed by atoms with Crippen LogP contribution in [0.2, 0.25) is 5.02 Å². The summed E-state index contributed by atoms with van der Waals surface area (Å²) in [5.74, 6) is 0.129. The van der Waals surface area contributed by atoms with E-state index in [9.17, 15) is 18.0 Å². The Morgan fingerprint density at radius 2 is 1.78 bits per heavy atom. The van der Waals surface area contributed by atoms with E-state index in [0.717, 1.165) is 18.2 Å². The molecule has 0 saturated carbocycles. The van der Waals surface area contributed by atoms with Crippen LogP contribution in [-0.4, -0.2) is 57.1 Å². The van der Waals surface area contributed by atoms with Crippen molar-refractivity contribution in [3.63, 3.8) is 0 Å². The van der Waals surface area contributed by atoms with Crippen LogP contribution in [0, 0.1) is 0 Å². The van der Waals surface area contributed by atoms with Gasteiger partial charge in [-0.1, -0.05) is 30.7 Å². The number of carbonyl (C=O) groups excluding carboxylic acids is 2. The topological polar surface area (TPSA) is 96.0 Å². The summed E-state index contributed by atoms with van der Waals surface area (Å²) >= 11 is 6.12. The minimum absolute atomic E-state index is 0.0177. The fraction of sp³-hybridized carbons (Fsp3) is 0.462. The van der Waals surface area contributed by atoms with Gasteiger partial charge in [0.2, 0.25) is 21.8 Å². The molecule has 0 spiro atoms. The highest BCUT2D eigenvalue weighted by atomic mass is 35.5. The second-order valence-electron chi connectivity index (χ2n) is 8.78. The molecule has 0 fully saturated rings. The van der Waals surface area contributed by atoms with Crippen LogP contribution >= 0.6 is 11.6 Å². The lowest BCUT2D eigenvalue weighted by molar-refractivity contribution is -0.140. The first-order valence-electron chi connectivity index (χ1n) is 11.9. The monoisotopic (exact) mass is 537 g/mol. The van der Waals surface area contributed by atoms with Crippen molar-refractivity contribution in [3.8, 4) is 5.75 Å². The summed E-state index contributed by atoms with van der Waals surface area (Å²) in [5, 5.41) is 3.47. The van der Waals surface area contributed by atoms with Gasteiger partial charge in [0.05, 0.1) is 19.1 Å². The lowest BCUT2D eigenvalue weighted by atomic mass is 10.1. The second kappa shape index (κ2) is 13.5. The third-order valence-corrected chi connectivity index (χ3v) is 7.35. The number of methoxy groups -OCH3 is 1. The number of halogens is 1. The molecule has 0 aliphatic rings. The largest absolute Gasteiger partial charge is 0.497 e. The van der Waals surface area contributed by atoms with Gasteiger partial charge >= 0.3 is 0 Å². The molecule has 0 bridgehead atoms. The average molecular weight is 538 g/mol. The molecule has 2 aromatic carbocycles. The number of hydrogen-bond acceptors (Lipinski definition) is 5. The van der Waals surface area contributed by atoms with Crippen LogP contribution in [0.4, 0.5) is 5.69 Å². The molecule has 2 atom stereocenters. The molecule has 8 nitrogen and oxygen atoms in total. The van der Waals surface area contributed by atoms with Gasteiger partial charge in [0.25, 0.3) is 0 Å². The molecule has 10 heteroatoms. The molecule has 2 aromatic rings. The fourth-order valence-electron chi connectivity index (χ4n) is 3.63. The zero-order valence-corrected chi connectivity index (χ0v) is 23.1. The minimum Gasteiger partial charge on any atom is -0.497 e. The molecule has 0 aromatic heterocycles. The smallest absolute Gasteiger partial charge is 0.242 e. The predicted octanol–water partition coefficient (Wildman–Crippen LogP) is 4.23. The summed E-state index contributed by atoms with van der Waals surface area (Å²) in [6, 6.07) is 13.1. The second-order valence-corrected chi connectivity index (χ2v) is 11.1. The van der Waals surface area contributed by atoms with E-state index in [1.807, 2.05) is 19.9 Å². The Kier molecular flexibility index (Phi) is 11.0. The lowest BCUT2D eigenvalue weighted by Gasteiger charge is -2.30. The quantitative estimate of drug-likeness (QED) is 0.412. The molecular weight excluding hydrogens is 502 g/mol. The van der Waals surface area contributed by atoms with Crippen molar-refractivity contribution in [3.05, 3.63) is 59.1 Å². The molecule has 36 heavy (non-hydrogen) atoms. The number of benzene rings is 2. The first-order valence-corrected chi connectivity index (χ1v) is 14.1. The number of sulfonamides is 1.